The van der Waals surface area contributed by atoms with Crippen LogP contribution in [-0.4, -0.2) is 50.5 Å². The molecule has 2 spiro atoms. The van der Waals surface area contributed by atoms with Crippen LogP contribution in [0.15, 0.2) is 30.3 Å². The number of carbonyl (C=O) groups excluding carboxylic acids is 1. The van der Waals surface area contributed by atoms with Crippen LogP contribution in [0.4, 0.5) is 0 Å². The standard InChI is InChI=1S/C20H27NO5/c22-18(21-9-7-16-4-2-1-3-5-16)14-17-6-8-19(23-10-11-24-19)15-20(17)25-12-13-26-20/h1-5,17H,6-15H2,(H,21,22). The SMILES string of the molecule is O=C(CC1CCC2(CC13OCCO3)OCCO2)NCCc1ccccc1. The van der Waals surface area contributed by atoms with Crippen LogP contribution in [0.5, 0.6) is 0 Å². The lowest BCUT2D eigenvalue weighted by Crippen LogP contribution is -2.53. The minimum absolute atomic E-state index is 0.0279. The van der Waals surface area contributed by atoms with E-state index in [2.05, 4.69) is 17.4 Å². The summed E-state index contributed by atoms with van der Waals surface area (Å²) >= 11 is 0. The second kappa shape index (κ2) is 7.64. The van der Waals surface area contributed by atoms with Gasteiger partial charge in [0.05, 0.1) is 32.8 Å². The van der Waals surface area contributed by atoms with Crippen LogP contribution >= 0.6 is 0 Å². The van der Waals surface area contributed by atoms with Crippen molar-refractivity contribution < 1.29 is 23.7 Å². The number of nitrogens with one attached hydrogen (secondary N) is 1. The molecular weight excluding hydrogens is 334 g/mol. The van der Waals surface area contributed by atoms with Crippen LogP contribution < -0.4 is 5.32 Å². The lowest BCUT2D eigenvalue weighted by atomic mass is 9.77. The van der Waals surface area contributed by atoms with Gasteiger partial charge in [-0.2, -0.15) is 0 Å². The minimum atomic E-state index is -0.751. The van der Waals surface area contributed by atoms with Gasteiger partial charge >= 0.3 is 0 Å². The van der Waals surface area contributed by atoms with Gasteiger partial charge in [-0.05, 0) is 18.4 Å². The summed E-state index contributed by atoms with van der Waals surface area (Å²) in [5.74, 6) is -1.27. The zero-order valence-corrected chi connectivity index (χ0v) is 15.1. The number of rotatable bonds is 5. The largest absolute Gasteiger partial charge is 0.356 e. The zero-order valence-electron chi connectivity index (χ0n) is 15.1. The molecule has 1 saturated carbocycles. The topological polar surface area (TPSA) is 66.0 Å². The molecule has 1 aliphatic carbocycles. The van der Waals surface area contributed by atoms with Gasteiger partial charge in [0.2, 0.25) is 5.91 Å². The van der Waals surface area contributed by atoms with Gasteiger partial charge < -0.3 is 24.3 Å². The Morgan fingerprint density at radius 2 is 1.73 bits per heavy atom. The quantitative estimate of drug-likeness (QED) is 0.869. The summed E-state index contributed by atoms with van der Waals surface area (Å²) in [4.78, 5) is 12.5. The van der Waals surface area contributed by atoms with Crippen LogP contribution in [0, 0.1) is 5.92 Å². The first-order valence-corrected chi connectivity index (χ1v) is 9.56. The summed E-state index contributed by atoms with van der Waals surface area (Å²) in [5.41, 5.74) is 1.22. The Hall–Kier alpha value is -1.47. The summed E-state index contributed by atoms with van der Waals surface area (Å²) in [7, 11) is 0. The number of benzene rings is 1. The second-order valence-electron chi connectivity index (χ2n) is 7.32. The van der Waals surface area contributed by atoms with Gasteiger partial charge in [0.15, 0.2) is 11.6 Å². The third-order valence-electron chi connectivity index (χ3n) is 5.61. The Morgan fingerprint density at radius 1 is 1.04 bits per heavy atom. The number of amides is 1. The Bertz CT molecular complexity index is 608. The summed E-state index contributed by atoms with van der Waals surface area (Å²) in [5, 5.41) is 3.03. The molecule has 2 heterocycles. The van der Waals surface area contributed by atoms with E-state index in [0.717, 1.165) is 19.3 Å². The number of hydrogen-bond donors (Lipinski definition) is 1. The molecule has 2 saturated heterocycles. The lowest BCUT2D eigenvalue weighted by Gasteiger charge is -2.46. The molecule has 1 aromatic rings. The zero-order chi connectivity index (χ0) is 17.9. The maximum Gasteiger partial charge on any atom is 0.220 e. The molecule has 2 aliphatic heterocycles. The monoisotopic (exact) mass is 361 g/mol. The van der Waals surface area contributed by atoms with Gasteiger partial charge in [0.25, 0.3) is 0 Å². The highest BCUT2D eigenvalue weighted by Gasteiger charge is 2.56. The molecule has 0 radical (unpaired) electrons. The normalized spacial score (nSPS) is 26.4. The highest BCUT2D eigenvalue weighted by molar-refractivity contribution is 5.76. The molecule has 1 amide bonds. The van der Waals surface area contributed by atoms with Crippen LogP contribution in [0.25, 0.3) is 0 Å². The van der Waals surface area contributed by atoms with Crippen molar-refractivity contribution in [2.75, 3.05) is 33.0 Å². The Labute approximate surface area is 154 Å². The third kappa shape index (κ3) is 3.78. The number of hydrogen-bond acceptors (Lipinski definition) is 5. The Balaban J connectivity index is 1.32. The van der Waals surface area contributed by atoms with Crippen molar-refractivity contribution >= 4 is 5.91 Å². The summed E-state index contributed by atoms with van der Waals surface area (Å²) in [6.45, 7) is 2.98. The maximum absolute atomic E-state index is 12.5. The molecule has 26 heavy (non-hydrogen) atoms. The Morgan fingerprint density at radius 3 is 2.46 bits per heavy atom. The molecule has 1 atom stereocenters. The molecule has 3 fully saturated rings. The van der Waals surface area contributed by atoms with E-state index in [-0.39, 0.29) is 11.8 Å². The fourth-order valence-corrected chi connectivity index (χ4v) is 4.32. The molecule has 1 N–H and O–H groups in total. The van der Waals surface area contributed by atoms with E-state index in [9.17, 15) is 4.79 Å². The molecule has 1 aromatic carbocycles. The fourth-order valence-electron chi connectivity index (χ4n) is 4.32. The van der Waals surface area contributed by atoms with Gasteiger partial charge in [-0.3, -0.25) is 4.79 Å². The third-order valence-corrected chi connectivity index (χ3v) is 5.61. The van der Waals surface area contributed by atoms with Gasteiger partial charge in [-0.1, -0.05) is 30.3 Å². The van der Waals surface area contributed by atoms with Crippen LogP contribution in [0.3, 0.4) is 0 Å². The molecule has 6 nitrogen and oxygen atoms in total. The van der Waals surface area contributed by atoms with Crippen molar-refractivity contribution in [1.29, 1.82) is 0 Å². The predicted molar refractivity (Wildman–Crippen MR) is 94.4 cm³/mol. The molecule has 0 bridgehead atoms. The van der Waals surface area contributed by atoms with Crippen molar-refractivity contribution in [1.82, 2.24) is 5.32 Å². The average molecular weight is 361 g/mol. The van der Waals surface area contributed by atoms with Crippen molar-refractivity contribution in [2.24, 2.45) is 5.92 Å². The van der Waals surface area contributed by atoms with Crippen LogP contribution in [0.1, 0.15) is 31.2 Å². The first kappa shape index (κ1) is 17.9. The minimum Gasteiger partial charge on any atom is -0.356 e. The maximum atomic E-state index is 12.5. The predicted octanol–water partition coefficient (Wildman–Crippen LogP) is 2.02. The van der Waals surface area contributed by atoms with Crippen molar-refractivity contribution in [3.8, 4) is 0 Å². The lowest BCUT2D eigenvalue weighted by molar-refractivity contribution is -0.295. The van der Waals surface area contributed by atoms with Crippen molar-refractivity contribution in [2.45, 2.75) is 43.7 Å². The fraction of sp³-hybridized carbons (Fsp3) is 0.650. The molecule has 3 aliphatic rings. The van der Waals surface area contributed by atoms with Gasteiger partial charge in [0.1, 0.15) is 0 Å². The molecule has 142 valence electrons. The second-order valence-corrected chi connectivity index (χ2v) is 7.32. The van der Waals surface area contributed by atoms with Gasteiger partial charge in [-0.15, -0.1) is 0 Å². The average Bonchev–Trinajstić information content (AvgIpc) is 3.30. The van der Waals surface area contributed by atoms with Gasteiger partial charge in [0, 0.05) is 25.3 Å². The van der Waals surface area contributed by atoms with E-state index in [1.54, 1.807) is 0 Å². The number of carbonyl (C=O) groups is 1. The molecule has 4 rings (SSSR count). The molecular formula is C20H27NO5. The highest BCUT2D eigenvalue weighted by atomic mass is 16.8. The van der Waals surface area contributed by atoms with Crippen LogP contribution in [0.2, 0.25) is 0 Å². The molecule has 6 heteroatoms. The van der Waals surface area contributed by atoms with Crippen molar-refractivity contribution in [3.63, 3.8) is 0 Å². The van der Waals surface area contributed by atoms with E-state index in [1.807, 2.05) is 18.2 Å². The Kier molecular flexibility index (Phi) is 5.27. The summed E-state index contributed by atoms with van der Waals surface area (Å²) in [6.07, 6.45) is 3.36. The first-order chi connectivity index (χ1) is 12.7. The van der Waals surface area contributed by atoms with Crippen molar-refractivity contribution in [3.05, 3.63) is 35.9 Å². The van der Waals surface area contributed by atoms with E-state index in [1.165, 1.54) is 5.56 Å². The van der Waals surface area contributed by atoms with E-state index >= 15 is 0 Å². The van der Waals surface area contributed by atoms with E-state index in [4.69, 9.17) is 18.9 Å². The molecule has 1 unspecified atom stereocenters. The summed E-state index contributed by atoms with van der Waals surface area (Å²) < 4.78 is 23.7. The van der Waals surface area contributed by atoms with E-state index in [0.29, 0.717) is 45.8 Å². The number of ether oxygens (including phenoxy) is 4. The highest BCUT2D eigenvalue weighted by Crippen LogP contribution is 2.49. The van der Waals surface area contributed by atoms with E-state index < -0.39 is 11.6 Å². The first-order valence-electron chi connectivity index (χ1n) is 9.56. The smallest absolute Gasteiger partial charge is 0.220 e. The van der Waals surface area contributed by atoms with Gasteiger partial charge in [-0.25, -0.2) is 0 Å². The summed E-state index contributed by atoms with van der Waals surface area (Å²) in [6, 6.07) is 10.2. The van der Waals surface area contributed by atoms with Crippen LogP contribution in [-0.2, 0) is 30.2 Å². The molecule has 0 aromatic heterocycles.